The van der Waals surface area contributed by atoms with Crippen LogP contribution in [0.1, 0.15) is 38.3 Å². The number of fused-ring (bicyclic) bond motifs is 1. The Labute approximate surface area is 104 Å². The molecule has 17 heavy (non-hydrogen) atoms. The minimum Gasteiger partial charge on any atom is -0.393 e. The number of hydrogen-bond donors (Lipinski definition) is 1. The molecule has 2 unspecified atom stereocenters. The van der Waals surface area contributed by atoms with Crippen molar-refractivity contribution in [3.63, 3.8) is 0 Å². The first-order valence-corrected chi connectivity index (χ1v) is 6.55. The van der Waals surface area contributed by atoms with E-state index in [-0.39, 0.29) is 6.10 Å². The number of benzene rings is 1. The zero-order chi connectivity index (χ0) is 12.6. The highest BCUT2D eigenvalue weighted by Crippen LogP contribution is 2.36. The van der Waals surface area contributed by atoms with Gasteiger partial charge in [0.05, 0.1) is 6.10 Å². The van der Waals surface area contributed by atoms with Crippen LogP contribution in [0.5, 0.6) is 0 Å². The Bertz CT molecular complexity index is 398. The predicted octanol–water partition coefficient (Wildman–Crippen LogP) is 2.91. The van der Waals surface area contributed by atoms with Gasteiger partial charge in [-0.25, -0.2) is 0 Å². The van der Waals surface area contributed by atoms with E-state index in [9.17, 15) is 5.11 Å². The molecule has 0 aromatic heterocycles. The lowest BCUT2D eigenvalue weighted by Crippen LogP contribution is -2.39. The summed E-state index contributed by atoms with van der Waals surface area (Å²) in [6, 6.07) is 7.63. The minimum atomic E-state index is -0.225. The number of aliphatic hydroxyl groups excluding tert-OH is 1. The van der Waals surface area contributed by atoms with Gasteiger partial charge in [0, 0.05) is 17.8 Å². The molecule has 2 atom stereocenters. The molecule has 2 heteroatoms. The van der Waals surface area contributed by atoms with Gasteiger partial charge < -0.3 is 10.0 Å². The van der Waals surface area contributed by atoms with Crippen LogP contribution in [0.2, 0.25) is 0 Å². The van der Waals surface area contributed by atoms with Crippen molar-refractivity contribution in [2.45, 2.75) is 58.7 Å². The molecule has 1 aromatic carbocycles. The fraction of sp³-hybridized carbons (Fsp3) is 0.600. The largest absolute Gasteiger partial charge is 0.393 e. The first-order chi connectivity index (χ1) is 7.99. The number of aryl methyl sites for hydroxylation is 1. The Kier molecular flexibility index (Phi) is 3.43. The Morgan fingerprint density at radius 3 is 2.65 bits per heavy atom. The summed E-state index contributed by atoms with van der Waals surface area (Å²) in [5.41, 5.74) is 4.12. The van der Waals surface area contributed by atoms with E-state index in [4.69, 9.17) is 0 Å². The number of nitrogens with zero attached hydrogens (tertiary/aromatic N) is 1. The lowest BCUT2D eigenvalue weighted by Gasteiger charge is -2.32. The highest BCUT2D eigenvalue weighted by atomic mass is 16.3. The number of hydrogen-bond acceptors (Lipinski definition) is 2. The molecule has 0 aliphatic carbocycles. The monoisotopic (exact) mass is 233 g/mol. The second-order valence-corrected chi connectivity index (χ2v) is 5.58. The van der Waals surface area contributed by atoms with E-state index in [1.54, 1.807) is 0 Å². The molecular weight excluding hydrogens is 210 g/mol. The normalized spacial score (nSPS) is 20.8. The topological polar surface area (TPSA) is 23.5 Å². The molecule has 0 radical (unpaired) electrons. The molecule has 0 saturated carbocycles. The number of aliphatic hydroxyl groups is 1. The Hall–Kier alpha value is -1.02. The smallest absolute Gasteiger partial charge is 0.0531 e. The van der Waals surface area contributed by atoms with E-state index in [0.717, 1.165) is 12.8 Å². The summed E-state index contributed by atoms with van der Waals surface area (Å²) in [7, 11) is 0. The standard InChI is InChI=1S/C15H23NO/c1-10(2)16-14(8-12(4)17)9-13-7-11(3)5-6-15(13)16/h5-7,10,12,14,17H,8-9H2,1-4H3. The second kappa shape index (κ2) is 4.69. The third kappa shape index (κ3) is 2.47. The van der Waals surface area contributed by atoms with Crippen molar-refractivity contribution in [3.8, 4) is 0 Å². The SMILES string of the molecule is Cc1ccc2c(c1)CC(CC(C)O)N2C(C)C. The lowest BCUT2D eigenvalue weighted by atomic mass is 10.0. The zero-order valence-corrected chi connectivity index (χ0v) is 11.3. The van der Waals surface area contributed by atoms with E-state index < -0.39 is 0 Å². The fourth-order valence-electron chi connectivity index (χ4n) is 2.97. The summed E-state index contributed by atoms with van der Waals surface area (Å²) in [5, 5.41) is 9.62. The highest BCUT2D eigenvalue weighted by molar-refractivity contribution is 5.61. The molecule has 0 amide bonds. The fourth-order valence-corrected chi connectivity index (χ4v) is 2.97. The van der Waals surface area contributed by atoms with Gasteiger partial charge in [0.1, 0.15) is 0 Å². The maximum absolute atomic E-state index is 9.62. The molecule has 1 N–H and O–H groups in total. The summed E-state index contributed by atoms with van der Waals surface area (Å²) < 4.78 is 0. The zero-order valence-electron chi connectivity index (χ0n) is 11.3. The summed E-state index contributed by atoms with van der Waals surface area (Å²) >= 11 is 0. The van der Waals surface area contributed by atoms with Gasteiger partial charge >= 0.3 is 0 Å². The molecule has 0 bridgehead atoms. The summed E-state index contributed by atoms with van der Waals surface area (Å²) in [6.45, 7) is 8.47. The van der Waals surface area contributed by atoms with E-state index in [1.807, 2.05) is 6.92 Å². The van der Waals surface area contributed by atoms with Gasteiger partial charge in [-0.15, -0.1) is 0 Å². The van der Waals surface area contributed by atoms with Crippen molar-refractivity contribution in [2.24, 2.45) is 0 Å². The second-order valence-electron chi connectivity index (χ2n) is 5.58. The van der Waals surface area contributed by atoms with Gasteiger partial charge in [0.25, 0.3) is 0 Å². The van der Waals surface area contributed by atoms with Crippen LogP contribution in [0.25, 0.3) is 0 Å². The molecule has 94 valence electrons. The van der Waals surface area contributed by atoms with Crippen LogP contribution >= 0.6 is 0 Å². The molecule has 0 fully saturated rings. The Morgan fingerprint density at radius 1 is 1.35 bits per heavy atom. The van der Waals surface area contributed by atoms with Gasteiger partial charge in [-0.3, -0.25) is 0 Å². The van der Waals surface area contributed by atoms with Crippen molar-refractivity contribution < 1.29 is 5.11 Å². The van der Waals surface area contributed by atoms with Crippen molar-refractivity contribution in [3.05, 3.63) is 29.3 Å². The number of anilines is 1. The molecule has 0 saturated heterocycles. The first-order valence-electron chi connectivity index (χ1n) is 6.55. The molecule has 1 aliphatic heterocycles. The van der Waals surface area contributed by atoms with Crippen molar-refractivity contribution in [1.82, 2.24) is 0 Å². The van der Waals surface area contributed by atoms with Gasteiger partial charge in [-0.2, -0.15) is 0 Å². The van der Waals surface area contributed by atoms with Gasteiger partial charge in [0.2, 0.25) is 0 Å². The molecule has 2 rings (SSSR count). The van der Waals surface area contributed by atoms with Gasteiger partial charge in [-0.1, -0.05) is 17.7 Å². The Morgan fingerprint density at radius 2 is 2.06 bits per heavy atom. The van der Waals surface area contributed by atoms with Crippen LogP contribution in [-0.2, 0) is 6.42 Å². The molecule has 2 nitrogen and oxygen atoms in total. The van der Waals surface area contributed by atoms with Crippen LogP contribution in [0.4, 0.5) is 5.69 Å². The lowest BCUT2D eigenvalue weighted by molar-refractivity contribution is 0.173. The summed E-state index contributed by atoms with van der Waals surface area (Å²) in [5.74, 6) is 0. The molecule has 1 heterocycles. The van der Waals surface area contributed by atoms with Crippen LogP contribution in [0, 0.1) is 6.92 Å². The quantitative estimate of drug-likeness (QED) is 0.867. The molecular formula is C15H23NO. The Balaban J connectivity index is 2.30. The van der Waals surface area contributed by atoms with Gasteiger partial charge in [-0.05, 0) is 52.2 Å². The highest BCUT2D eigenvalue weighted by Gasteiger charge is 2.31. The molecule has 1 aliphatic rings. The number of rotatable bonds is 3. The van der Waals surface area contributed by atoms with E-state index in [2.05, 4.69) is 43.9 Å². The predicted molar refractivity (Wildman–Crippen MR) is 72.6 cm³/mol. The third-order valence-corrected chi connectivity index (χ3v) is 3.53. The van der Waals surface area contributed by atoms with E-state index >= 15 is 0 Å². The van der Waals surface area contributed by atoms with Crippen LogP contribution in [0.3, 0.4) is 0 Å². The maximum atomic E-state index is 9.62. The van der Waals surface area contributed by atoms with Crippen LogP contribution < -0.4 is 4.90 Å². The third-order valence-electron chi connectivity index (χ3n) is 3.53. The van der Waals surface area contributed by atoms with Crippen LogP contribution in [-0.4, -0.2) is 23.3 Å². The maximum Gasteiger partial charge on any atom is 0.0531 e. The average Bonchev–Trinajstić information content (AvgIpc) is 2.53. The first kappa shape index (κ1) is 12.4. The summed E-state index contributed by atoms with van der Waals surface area (Å²) in [4.78, 5) is 2.46. The minimum absolute atomic E-state index is 0.225. The van der Waals surface area contributed by atoms with Crippen molar-refractivity contribution in [1.29, 1.82) is 0 Å². The molecule has 0 spiro atoms. The van der Waals surface area contributed by atoms with Gasteiger partial charge in [0.15, 0.2) is 0 Å². The summed E-state index contributed by atoms with van der Waals surface area (Å²) in [6.07, 6.45) is 1.70. The molecule has 1 aromatic rings. The van der Waals surface area contributed by atoms with Crippen LogP contribution in [0.15, 0.2) is 18.2 Å². The van der Waals surface area contributed by atoms with E-state index in [1.165, 1.54) is 16.8 Å². The average molecular weight is 233 g/mol. The van der Waals surface area contributed by atoms with Crippen molar-refractivity contribution >= 4 is 5.69 Å². The van der Waals surface area contributed by atoms with Crippen molar-refractivity contribution in [2.75, 3.05) is 4.90 Å². The van der Waals surface area contributed by atoms with E-state index in [0.29, 0.717) is 12.1 Å².